The number of carbonyl (C=O) groups excluding carboxylic acids is 1. The summed E-state index contributed by atoms with van der Waals surface area (Å²) in [7, 11) is 3.49. The molecule has 0 bridgehead atoms. The predicted molar refractivity (Wildman–Crippen MR) is 82.3 cm³/mol. The third kappa shape index (κ3) is 4.05. The van der Waals surface area contributed by atoms with Gasteiger partial charge in [-0.1, -0.05) is 18.2 Å². The van der Waals surface area contributed by atoms with Crippen LogP contribution in [0.5, 0.6) is 5.75 Å². The van der Waals surface area contributed by atoms with E-state index in [2.05, 4.69) is 20.8 Å². The Labute approximate surface area is 129 Å². The Hall–Kier alpha value is -2.41. The molecule has 0 aliphatic carbocycles. The Bertz CT molecular complexity index is 626. The molecule has 0 saturated heterocycles. The number of benzene rings is 1. The van der Waals surface area contributed by atoms with Crippen LogP contribution in [0.4, 0.5) is 0 Å². The quantitative estimate of drug-likeness (QED) is 0.790. The zero-order valence-corrected chi connectivity index (χ0v) is 13.0. The minimum atomic E-state index is -0.0834. The van der Waals surface area contributed by atoms with Crippen LogP contribution in [-0.2, 0) is 18.4 Å². The van der Waals surface area contributed by atoms with Gasteiger partial charge in [0.15, 0.2) is 0 Å². The van der Waals surface area contributed by atoms with E-state index in [1.807, 2.05) is 42.8 Å². The number of rotatable bonds is 7. The second kappa shape index (κ2) is 7.56. The average Bonchev–Trinajstić information content (AvgIpc) is 2.97. The number of amides is 1. The molecule has 1 aromatic carbocycles. The largest absolute Gasteiger partial charge is 0.496 e. The van der Waals surface area contributed by atoms with Crippen molar-refractivity contribution < 1.29 is 9.53 Å². The van der Waals surface area contributed by atoms with Crippen molar-refractivity contribution in [3.63, 3.8) is 0 Å². The van der Waals surface area contributed by atoms with Crippen LogP contribution in [0, 0.1) is 0 Å². The predicted octanol–water partition coefficient (Wildman–Crippen LogP) is 0.791. The van der Waals surface area contributed by atoms with Gasteiger partial charge in [0.05, 0.1) is 19.7 Å². The van der Waals surface area contributed by atoms with E-state index in [9.17, 15) is 4.79 Å². The van der Waals surface area contributed by atoms with Gasteiger partial charge >= 0.3 is 0 Å². The number of hydrogen-bond acceptors (Lipinski definition) is 5. The first kappa shape index (κ1) is 16.0. The summed E-state index contributed by atoms with van der Waals surface area (Å²) in [6.45, 7) is 2.59. The maximum atomic E-state index is 11.9. The summed E-state index contributed by atoms with van der Waals surface area (Å²) in [4.78, 5) is 11.9. The van der Waals surface area contributed by atoms with Gasteiger partial charge in [-0.05, 0) is 13.0 Å². The summed E-state index contributed by atoms with van der Waals surface area (Å²) in [5.74, 6) is 1.47. The monoisotopic (exact) mass is 303 g/mol. The highest BCUT2D eigenvalue weighted by Gasteiger charge is 2.12. The number of carbonyl (C=O) groups is 1. The van der Waals surface area contributed by atoms with Crippen molar-refractivity contribution >= 4 is 5.91 Å². The van der Waals surface area contributed by atoms with Gasteiger partial charge in [0.25, 0.3) is 0 Å². The lowest BCUT2D eigenvalue weighted by atomic mass is 10.2. The van der Waals surface area contributed by atoms with E-state index in [0.717, 1.165) is 17.1 Å². The van der Waals surface area contributed by atoms with E-state index in [0.29, 0.717) is 6.54 Å². The number of aryl methyl sites for hydroxylation is 1. The fourth-order valence-electron chi connectivity index (χ4n) is 2.13. The fraction of sp³-hybridized carbons (Fsp3) is 0.400. The molecular weight excluding hydrogens is 282 g/mol. The van der Waals surface area contributed by atoms with Gasteiger partial charge < -0.3 is 14.6 Å². The molecule has 0 radical (unpaired) electrons. The lowest BCUT2D eigenvalue weighted by Gasteiger charge is -2.13. The molecule has 0 saturated carbocycles. The van der Waals surface area contributed by atoms with Crippen molar-refractivity contribution in [2.75, 3.05) is 13.7 Å². The number of aromatic nitrogens is 3. The summed E-state index contributed by atoms with van der Waals surface area (Å²) in [5, 5.41) is 13.8. The Morgan fingerprint density at radius 1 is 1.41 bits per heavy atom. The number of nitrogens with one attached hydrogen (secondary N) is 2. The summed E-state index contributed by atoms with van der Waals surface area (Å²) in [6, 6.07) is 7.56. The van der Waals surface area contributed by atoms with Gasteiger partial charge in [0, 0.05) is 19.2 Å². The van der Waals surface area contributed by atoms with Crippen LogP contribution in [0.1, 0.15) is 24.4 Å². The fourth-order valence-corrected chi connectivity index (χ4v) is 2.13. The highest BCUT2D eigenvalue weighted by Crippen LogP contribution is 2.16. The van der Waals surface area contributed by atoms with E-state index in [4.69, 9.17) is 4.74 Å². The van der Waals surface area contributed by atoms with Crippen LogP contribution >= 0.6 is 0 Å². The molecule has 2 N–H and O–H groups in total. The van der Waals surface area contributed by atoms with Crippen molar-refractivity contribution in [3.8, 4) is 5.75 Å². The second-order valence-corrected chi connectivity index (χ2v) is 4.99. The van der Waals surface area contributed by atoms with Crippen LogP contribution in [0.25, 0.3) is 0 Å². The summed E-state index contributed by atoms with van der Waals surface area (Å²) < 4.78 is 7.08. The topological polar surface area (TPSA) is 81.1 Å². The van der Waals surface area contributed by atoms with Gasteiger partial charge in [-0.2, -0.15) is 0 Å². The Balaban J connectivity index is 1.80. The molecule has 0 aliphatic rings. The standard InChI is InChI=1S/C15H21N5O2/c1-11(15-19-18-10-20(15)2)16-9-14(21)17-8-12-6-4-5-7-13(12)22-3/h4-7,10-11,16H,8-9H2,1-3H3,(H,17,21). The van der Waals surface area contributed by atoms with E-state index in [-0.39, 0.29) is 18.5 Å². The molecule has 7 heteroatoms. The highest BCUT2D eigenvalue weighted by atomic mass is 16.5. The van der Waals surface area contributed by atoms with Crippen LogP contribution in [-0.4, -0.2) is 34.3 Å². The third-order valence-corrected chi connectivity index (χ3v) is 3.37. The number of nitrogens with zero attached hydrogens (tertiary/aromatic N) is 3. The smallest absolute Gasteiger partial charge is 0.234 e. The van der Waals surface area contributed by atoms with Gasteiger partial charge in [-0.3, -0.25) is 10.1 Å². The number of methoxy groups -OCH3 is 1. The Morgan fingerprint density at radius 3 is 2.86 bits per heavy atom. The molecule has 118 valence electrons. The number of hydrogen-bond donors (Lipinski definition) is 2. The molecule has 1 atom stereocenters. The maximum Gasteiger partial charge on any atom is 0.234 e. The molecule has 22 heavy (non-hydrogen) atoms. The van der Waals surface area contributed by atoms with Crippen molar-refractivity contribution in [3.05, 3.63) is 42.0 Å². The lowest BCUT2D eigenvalue weighted by Crippen LogP contribution is -2.35. The first-order valence-corrected chi connectivity index (χ1v) is 7.07. The molecule has 1 amide bonds. The highest BCUT2D eigenvalue weighted by molar-refractivity contribution is 5.78. The SMILES string of the molecule is COc1ccccc1CNC(=O)CNC(C)c1nncn1C. The van der Waals surface area contributed by atoms with Crippen molar-refractivity contribution in [1.82, 2.24) is 25.4 Å². The van der Waals surface area contributed by atoms with Gasteiger partial charge in [-0.25, -0.2) is 0 Å². The van der Waals surface area contributed by atoms with Gasteiger partial charge in [0.2, 0.25) is 5.91 Å². The van der Waals surface area contributed by atoms with Crippen molar-refractivity contribution in [1.29, 1.82) is 0 Å². The average molecular weight is 303 g/mol. The third-order valence-electron chi connectivity index (χ3n) is 3.37. The number of para-hydroxylation sites is 1. The molecule has 0 spiro atoms. The molecule has 1 heterocycles. The zero-order valence-electron chi connectivity index (χ0n) is 13.0. The van der Waals surface area contributed by atoms with Crippen LogP contribution in [0.3, 0.4) is 0 Å². The normalized spacial score (nSPS) is 12.0. The van der Waals surface area contributed by atoms with E-state index in [1.165, 1.54) is 0 Å². The molecule has 1 unspecified atom stereocenters. The summed E-state index contributed by atoms with van der Waals surface area (Å²) in [5.41, 5.74) is 0.944. The van der Waals surface area contributed by atoms with Crippen molar-refractivity contribution in [2.24, 2.45) is 7.05 Å². The molecule has 2 rings (SSSR count). The van der Waals surface area contributed by atoms with Gasteiger partial charge in [-0.15, -0.1) is 10.2 Å². The molecule has 0 fully saturated rings. The maximum absolute atomic E-state index is 11.9. The molecular formula is C15H21N5O2. The Morgan fingerprint density at radius 2 is 2.18 bits per heavy atom. The molecule has 7 nitrogen and oxygen atoms in total. The lowest BCUT2D eigenvalue weighted by molar-refractivity contribution is -0.120. The van der Waals surface area contributed by atoms with E-state index >= 15 is 0 Å². The minimum absolute atomic E-state index is 0.0514. The first-order chi connectivity index (χ1) is 10.6. The van der Waals surface area contributed by atoms with Crippen molar-refractivity contribution in [2.45, 2.75) is 19.5 Å². The minimum Gasteiger partial charge on any atom is -0.496 e. The van der Waals surface area contributed by atoms with E-state index < -0.39 is 0 Å². The van der Waals surface area contributed by atoms with Crippen LogP contribution in [0.2, 0.25) is 0 Å². The number of ether oxygens (including phenoxy) is 1. The summed E-state index contributed by atoms with van der Waals surface area (Å²) in [6.07, 6.45) is 1.63. The van der Waals surface area contributed by atoms with Gasteiger partial charge in [0.1, 0.15) is 17.9 Å². The summed E-state index contributed by atoms with van der Waals surface area (Å²) >= 11 is 0. The van der Waals surface area contributed by atoms with Crippen LogP contribution < -0.4 is 15.4 Å². The zero-order chi connectivity index (χ0) is 15.9. The molecule has 1 aromatic heterocycles. The Kier molecular flexibility index (Phi) is 5.48. The molecule has 0 aliphatic heterocycles. The van der Waals surface area contributed by atoms with Crippen LogP contribution in [0.15, 0.2) is 30.6 Å². The first-order valence-electron chi connectivity index (χ1n) is 7.07. The van der Waals surface area contributed by atoms with E-state index in [1.54, 1.807) is 13.4 Å². The second-order valence-electron chi connectivity index (χ2n) is 4.99. The molecule has 2 aromatic rings.